The smallest absolute Gasteiger partial charge is 0.338 e. The quantitative estimate of drug-likeness (QED) is 0.327. The third-order valence-corrected chi connectivity index (χ3v) is 3.26. The first-order chi connectivity index (χ1) is 10.4. The van der Waals surface area contributed by atoms with Crippen LogP contribution in [-0.4, -0.2) is 29.6 Å². The van der Waals surface area contributed by atoms with E-state index in [-0.39, 0.29) is 17.8 Å². The Hall–Kier alpha value is -1.95. The lowest BCUT2D eigenvalue weighted by atomic mass is 10.1. The van der Waals surface area contributed by atoms with Crippen LogP contribution in [-0.2, 0) is 4.74 Å². The van der Waals surface area contributed by atoms with Crippen molar-refractivity contribution in [3.05, 3.63) is 39.9 Å². The van der Waals surface area contributed by atoms with E-state index in [9.17, 15) is 14.9 Å². The van der Waals surface area contributed by atoms with Crippen molar-refractivity contribution in [3.63, 3.8) is 0 Å². The third kappa shape index (κ3) is 6.22. The molecule has 1 rings (SSSR count). The van der Waals surface area contributed by atoms with Crippen LogP contribution in [0.5, 0.6) is 0 Å². The number of unbranched alkanes of at least 4 members (excludes halogenated alkanes) is 2. The van der Waals surface area contributed by atoms with E-state index >= 15 is 0 Å². The second-order valence-electron chi connectivity index (χ2n) is 5.90. The fourth-order valence-corrected chi connectivity index (χ4v) is 1.90. The average Bonchev–Trinajstić information content (AvgIpc) is 2.49. The summed E-state index contributed by atoms with van der Waals surface area (Å²) in [7, 11) is 0. The Morgan fingerprint density at radius 3 is 2.45 bits per heavy atom. The molecule has 0 heterocycles. The average molecular weight is 308 g/mol. The van der Waals surface area contributed by atoms with Crippen LogP contribution in [0.25, 0.3) is 0 Å². The highest BCUT2D eigenvalue weighted by Crippen LogP contribution is 2.13. The Morgan fingerprint density at radius 2 is 1.91 bits per heavy atom. The van der Waals surface area contributed by atoms with Gasteiger partial charge in [-0.15, -0.1) is 0 Å². The van der Waals surface area contributed by atoms with Gasteiger partial charge in [0.05, 0.1) is 10.5 Å². The van der Waals surface area contributed by atoms with Crippen LogP contribution < -0.4 is 5.32 Å². The van der Waals surface area contributed by atoms with Gasteiger partial charge >= 0.3 is 5.97 Å². The first kappa shape index (κ1) is 18.1. The van der Waals surface area contributed by atoms with Gasteiger partial charge in [0.15, 0.2) is 0 Å². The Morgan fingerprint density at radius 1 is 1.27 bits per heavy atom. The molecule has 0 aliphatic carbocycles. The van der Waals surface area contributed by atoms with Crippen molar-refractivity contribution in [2.45, 2.75) is 45.6 Å². The van der Waals surface area contributed by atoms with Gasteiger partial charge in [-0.25, -0.2) is 4.79 Å². The summed E-state index contributed by atoms with van der Waals surface area (Å²) in [6.07, 6.45) is 3.43. The molecule has 6 heteroatoms. The van der Waals surface area contributed by atoms with Crippen LogP contribution >= 0.6 is 0 Å². The highest BCUT2D eigenvalue weighted by atomic mass is 16.6. The number of nitro groups is 1. The first-order valence-corrected chi connectivity index (χ1v) is 7.52. The van der Waals surface area contributed by atoms with Gasteiger partial charge in [0.25, 0.3) is 5.69 Å². The lowest BCUT2D eigenvalue weighted by molar-refractivity contribution is -0.384. The van der Waals surface area contributed by atoms with E-state index < -0.39 is 10.9 Å². The molecule has 122 valence electrons. The standard InChI is InChI=1S/C16H24N2O4/c1-4-5-6-11-17-16(2,3)12-22-15(19)13-7-9-14(10-8-13)18(20)21/h7-10,17H,4-6,11-12H2,1-3H3. The van der Waals surface area contributed by atoms with Gasteiger partial charge in [0.2, 0.25) is 0 Å². The largest absolute Gasteiger partial charge is 0.460 e. The zero-order valence-corrected chi connectivity index (χ0v) is 13.4. The molecule has 0 radical (unpaired) electrons. The van der Waals surface area contributed by atoms with E-state index in [0.717, 1.165) is 19.4 Å². The second kappa shape index (κ2) is 8.48. The molecule has 0 aromatic heterocycles. The molecule has 1 N–H and O–H groups in total. The third-order valence-electron chi connectivity index (χ3n) is 3.26. The minimum Gasteiger partial charge on any atom is -0.460 e. The van der Waals surface area contributed by atoms with E-state index in [1.165, 1.54) is 30.7 Å². The predicted molar refractivity (Wildman–Crippen MR) is 85.0 cm³/mol. The van der Waals surface area contributed by atoms with Gasteiger partial charge < -0.3 is 10.1 Å². The molecule has 1 aromatic rings. The lowest BCUT2D eigenvalue weighted by Gasteiger charge is -2.26. The number of nitro benzene ring substituents is 1. The minimum atomic E-state index is -0.502. The van der Waals surface area contributed by atoms with Gasteiger partial charge in [-0.05, 0) is 38.9 Å². The Balaban J connectivity index is 2.45. The molecule has 22 heavy (non-hydrogen) atoms. The fourth-order valence-electron chi connectivity index (χ4n) is 1.90. The maximum atomic E-state index is 11.9. The van der Waals surface area contributed by atoms with Gasteiger partial charge in [-0.2, -0.15) is 0 Å². The van der Waals surface area contributed by atoms with E-state index in [0.29, 0.717) is 5.56 Å². The molecular weight excluding hydrogens is 284 g/mol. The van der Waals surface area contributed by atoms with Crippen LogP contribution in [0.3, 0.4) is 0 Å². The summed E-state index contributed by atoms with van der Waals surface area (Å²) in [5.74, 6) is -0.474. The van der Waals surface area contributed by atoms with E-state index in [4.69, 9.17) is 4.74 Å². The number of rotatable bonds is 9. The monoisotopic (exact) mass is 308 g/mol. The van der Waals surface area contributed by atoms with E-state index in [1.807, 2.05) is 13.8 Å². The molecule has 6 nitrogen and oxygen atoms in total. The maximum absolute atomic E-state index is 11.9. The fraction of sp³-hybridized carbons (Fsp3) is 0.562. The molecule has 1 aromatic carbocycles. The van der Waals surface area contributed by atoms with Crippen molar-refractivity contribution in [1.82, 2.24) is 5.32 Å². The van der Waals surface area contributed by atoms with Gasteiger partial charge in [0, 0.05) is 17.7 Å². The van der Waals surface area contributed by atoms with Crippen LogP contribution in [0, 0.1) is 10.1 Å². The van der Waals surface area contributed by atoms with Crippen molar-refractivity contribution in [2.24, 2.45) is 0 Å². The number of non-ortho nitro benzene ring substituents is 1. The molecule has 0 bridgehead atoms. The number of hydrogen-bond donors (Lipinski definition) is 1. The SMILES string of the molecule is CCCCCNC(C)(C)COC(=O)c1ccc([N+](=O)[O-])cc1. The summed E-state index contributed by atoms with van der Waals surface area (Å²) in [5, 5.41) is 13.9. The molecule has 0 unspecified atom stereocenters. The lowest BCUT2D eigenvalue weighted by Crippen LogP contribution is -2.44. The van der Waals surface area contributed by atoms with Crippen LogP contribution in [0.15, 0.2) is 24.3 Å². The number of carbonyl (C=O) groups excluding carboxylic acids is 1. The summed E-state index contributed by atoms with van der Waals surface area (Å²) in [6.45, 7) is 7.23. The number of benzene rings is 1. The molecular formula is C16H24N2O4. The minimum absolute atomic E-state index is 0.0468. The zero-order chi connectivity index (χ0) is 16.6. The molecule has 0 fully saturated rings. The number of ether oxygens (including phenoxy) is 1. The maximum Gasteiger partial charge on any atom is 0.338 e. The number of esters is 1. The summed E-state index contributed by atoms with van der Waals surface area (Å²) >= 11 is 0. The number of hydrogen-bond acceptors (Lipinski definition) is 5. The van der Waals surface area contributed by atoms with Crippen molar-refractivity contribution in [2.75, 3.05) is 13.2 Å². The van der Waals surface area contributed by atoms with E-state index in [2.05, 4.69) is 12.2 Å². The van der Waals surface area contributed by atoms with Gasteiger partial charge in [-0.1, -0.05) is 19.8 Å². The summed E-state index contributed by atoms with van der Waals surface area (Å²) < 4.78 is 5.28. The molecule has 0 atom stereocenters. The number of nitrogens with zero attached hydrogens (tertiary/aromatic N) is 1. The van der Waals surface area contributed by atoms with Crippen molar-refractivity contribution in [1.29, 1.82) is 0 Å². The molecule has 0 aliphatic rings. The van der Waals surface area contributed by atoms with Crippen LogP contribution in [0.2, 0.25) is 0 Å². The predicted octanol–water partition coefficient (Wildman–Crippen LogP) is 3.31. The topological polar surface area (TPSA) is 81.5 Å². The highest BCUT2D eigenvalue weighted by molar-refractivity contribution is 5.89. The Kier molecular flexibility index (Phi) is 6.98. The first-order valence-electron chi connectivity index (χ1n) is 7.52. The highest BCUT2D eigenvalue weighted by Gasteiger charge is 2.20. The normalized spacial score (nSPS) is 11.2. The van der Waals surface area contributed by atoms with Crippen molar-refractivity contribution < 1.29 is 14.5 Å². The van der Waals surface area contributed by atoms with Crippen molar-refractivity contribution in [3.8, 4) is 0 Å². The summed E-state index contributed by atoms with van der Waals surface area (Å²) in [5.41, 5.74) is -0.0358. The zero-order valence-electron chi connectivity index (χ0n) is 13.4. The number of carbonyl (C=O) groups is 1. The van der Waals surface area contributed by atoms with Gasteiger partial charge in [0.1, 0.15) is 6.61 Å². The second-order valence-corrected chi connectivity index (χ2v) is 5.90. The van der Waals surface area contributed by atoms with Crippen LogP contribution in [0.1, 0.15) is 50.4 Å². The molecule has 0 spiro atoms. The summed E-state index contributed by atoms with van der Waals surface area (Å²) in [4.78, 5) is 22.0. The van der Waals surface area contributed by atoms with Crippen molar-refractivity contribution >= 4 is 11.7 Å². The summed E-state index contributed by atoms with van der Waals surface area (Å²) in [6, 6.07) is 5.40. The molecule has 0 saturated heterocycles. The van der Waals surface area contributed by atoms with E-state index in [1.54, 1.807) is 0 Å². The number of nitrogens with one attached hydrogen (secondary N) is 1. The Bertz CT molecular complexity index is 497. The molecule has 0 aliphatic heterocycles. The van der Waals surface area contributed by atoms with Crippen LogP contribution in [0.4, 0.5) is 5.69 Å². The Labute approximate surface area is 131 Å². The van der Waals surface area contributed by atoms with Gasteiger partial charge in [-0.3, -0.25) is 10.1 Å². The molecule has 0 amide bonds. The molecule has 0 saturated carbocycles.